The lowest BCUT2D eigenvalue weighted by molar-refractivity contribution is -0.141. The number of carbonyl (C=O) groups is 2. The minimum absolute atomic E-state index is 0.0154. The number of hydrogen-bond acceptors (Lipinski definition) is 3. The summed E-state index contributed by atoms with van der Waals surface area (Å²) in [4.78, 5) is 25.4. The van der Waals surface area contributed by atoms with Gasteiger partial charge in [0.2, 0.25) is 5.91 Å². The zero-order valence-electron chi connectivity index (χ0n) is 12.6. The van der Waals surface area contributed by atoms with E-state index in [1.165, 1.54) is 16.2 Å². The molecule has 0 bridgehead atoms. The fraction of sp³-hybridized carbons (Fsp3) is 0.500. The molecule has 0 saturated heterocycles. The van der Waals surface area contributed by atoms with Crippen molar-refractivity contribution in [2.45, 2.75) is 38.5 Å². The van der Waals surface area contributed by atoms with Gasteiger partial charge in [0.05, 0.1) is 13.5 Å². The molecule has 0 fully saturated rings. The number of methoxy groups -OCH3 is 1. The monoisotopic (exact) mass is 401 g/mol. The highest BCUT2D eigenvalue weighted by Crippen LogP contribution is 2.40. The van der Waals surface area contributed by atoms with Crippen LogP contribution in [0.15, 0.2) is 18.2 Å². The third-order valence-corrected chi connectivity index (χ3v) is 4.68. The largest absolute Gasteiger partial charge is 0.469 e. The zero-order chi connectivity index (χ0) is 15.6. The molecule has 0 atom stereocenters. The van der Waals surface area contributed by atoms with E-state index in [2.05, 4.69) is 47.2 Å². The first kappa shape index (κ1) is 16.3. The van der Waals surface area contributed by atoms with Crippen LogP contribution in [0.3, 0.4) is 0 Å². The Morgan fingerprint density at radius 2 is 2.05 bits per heavy atom. The smallest absolute Gasteiger partial charge is 0.306 e. The molecule has 21 heavy (non-hydrogen) atoms. The lowest BCUT2D eigenvalue weighted by atomic mass is 9.77. The number of esters is 1. The van der Waals surface area contributed by atoms with Crippen molar-refractivity contribution in [2.75, 3.05) is 18.6 Å². The van der Waals surface area contributed by atoms with Crippen LogP contribution >= 0.6 is 22.6 Å². The molecule has 0 unspecified atom stereocenters. The molecule has 0 aromatic heterocycles. The van der Waals surface area contributed by atoms with Gasteiger partial charge in [-0.15, -0.1) is 0 Å². The molecule has 4 nitrogen and oxygen atoms in total. The van der Waals surface area contributed by atoms with E-state index in [9.17, 15) is 9.59 Å². The predicted molar refractivity (Wildman–Crippen MR) is 90.4 cm³/mol. The molecular formula is C16H20INO3. The second kappa shape index (κ2) is 6.34. The van der Waals surface area contributed by atoms with E-state index >= 15 is 0 Å². The fourth-order valence-electron chi connectivity index (χ4n) is 2.64. The second-order valence-electron chi connectivity index (χ2n) is 5.92. The van der Waals surface area contributed by atoms with Crippen LogP contribution in [0.25, 0.3) is 0 Å². The first-order valence-electron chi connectivity index (χ1n) is 7.02. The Kier molecular flexibility index (Phi) is 4.91. The van der Waals surface area contributed by atoms with Gasteiger partial charge >= 0.3 is 5.97 Å². The highest BCUT2D eigenvalue weighted by Gasteiger charge is 2.33. The highest BCUT2D eigenvalue weighted by atomic mass is 127. The lowest BCUT2D eigenvalue weighted by Crippen LogP contribution is -2.41. The standard InChI is InChI=1S/C16H20INO3/c1-16(2)8-9-18(14(19)6-7-15(20)21-3)13-5-4-11(17)10-12(13)16/h4-5,10H,6-9H2,1-3H3. The summed E-state index contributed by atoms with van der Waals surface area (Å²) in [6.07, 6.45) is 1.25. The number of nitrogens with zero attached hydrogens (tertiary/aromatic N) is 1. The maximum atomic E-state index is 12.4. The number of fused-ring (bicyclic) bond motifs is 1. The Hall–Kier alpha value is -1.11. The maximum Gasteiger partial charge on any atom is 0.306 e. The van der Waals surface area contributed by atoms with Gasteiger partial charge in [0, 0.05) is 22.2 Å². The third-order valence-electron chi connectivity index (χ3n) is 4.01. The zero-order valence-corrected chi connectivity index (χ0v) is 14.8. The normalized spacial score (nSPS) is 16.3. The topological polar surface area (TPSA) is 46.6 Å². The van der Waals surface area contributed by atoms with Gasteiger partial charge in [0.1, 0.15) is 0 Å². The molecule has 1 aromatic rings. The van der Waals surface area contributed by atoms with E-state index in [1.807, 2.05) is 12.1 Å². The van der Waals surface area contributed by atoms with Gasteiger partial charge in [-0.25, -0.2) is 0 Å². The molecule has 0 N–H and O–H groups in total. The number of carbonyl (C=O) groups excluding carboxylic acids is 2. The van der Waals surface area contributed by atoms with Crippen LogP contribution in [0.4, 0.5) is 5.69 Å². The van der Waals surface area contributed by atoms with Crippen LogP contribution in [0.1, 0.15) is 38.7 Å². The van der Waals surface area contributed by atoms with Gasteiger partial charge in [-0.3, -0.25) is 9.59 Å². The Bertz CT molecular complexity index is 569. The van der Waals surface area contributed by atoms with E-state index < -0.39 is 0 Å². The SMILES string of the molecule is COC(=O)CCC(=O)N1CCC(C)(C)c2cc(I)ccc21. The summed E-state index contributed by atoms with van der Waals surface area (Å²) in [5, 5.41) is 0. The molecule has 114 valence electrons. The summed E-state index contributed by atoms with van der Waals surface area (Å²) in [7, 11) is 1.34. The highest BCUT2D eigenvalue weighted by molar-refractivity contribution is 14.1. The Balaban J connectivity index is 2.24. The maximum absolute atomic E-state index is 12.4. The molecule has 0 radical (unpaired) electrons. The van der Waals surface area contributed by atoms with E-state index in [0.29, 0.717) is 6.54 Å². The van der Waals surface area contributed by atoms with Crippen molar-refractivity contribution in [1.29, 1.82) is 0 Å². The summed E-state index contributed by atoms with van der Waals surface area (Å²) in [5.74, 6) is -0.359. The summed E-state index contributed by atoms with van der Waals surface area (Å²) >= 11 is 2.29. The minimum atomic E-state index is -0.344. The predicted octanol–water partition coefficient (Wildman–Crippen LogP) is 3.26. The molecule has 1 heterocycles. The number of ether oxygens (including phenoxy) is 1. The first-order chi connectivity index (χ1) is 9.85. The summed E-state index contributed by atoms with van der Waals surface area (Å²) in [6.45, 7) is 5.11. The van der Waals surface area contributed by atoms with Crippen molar-refractivity contribution in [3.8, 4) is 0 Å². The average Bonchev–Trinajstić information content (AvgIpc) is 2.45. The summed E-state index contributed by atoms with van der Waals surface area (Å²) < 4.78 is 5.77. The van der Waals surface area contributed by atoms with Crippen molar-refractivity contribution in [3.05, 3.63) is 27.3 Å². The molecule has 5 heteroatoms. The number of halogens is 1. The first-order valence-corrected chi connectivity index (χ1v) is 8.10. The summed E-state index contributed by atoms with van der Waals surface area (Å²) in [5.41, 5.74) is 2.24. The Morgan fingerprint density at radius 1 is 1.33 bits per heavy atom. The fourth-order valence-corrected chi connectivity index (χ4v) is 3.13. The number of benzene rings is 1. The van der Waals surface area contributed by atoms with Crippen molar-refractivity contribution >= 4 is 40.2 Å². The van der Waals surface area contributed by atoms with E-state index in [-0.39, 0.29) is 30.1 Å². The Labute approximate surface area is 139 Å². The van der Waals surface area contributed by atoms with Crippen LogP contribution < -0.4 is 4.90 Å². The molecule has 0 spiro atoms. The van der Waals surface area contributed by atoms with Crippen LogP contribution in [0.2, 0.25) is 0 Å². The van der Waals surface area contributed by atoms with Crippen molar-refractivity contribution in [1.82, 2.24) is 0 Å². The molecule has 1 aliphatic heterocycles. The number of anilines is 1. The van der Waals surface area contributed by atoms with Crippen molar-refractivity contribution in [3.63, 3.8) is 0 Å². The van der Waals surface area contributed by atoms with Gasteiger partial charge in [-0.05, 0) is 58.2 Å². The summed E-state index contributed by atoms with van der Waals surface area (Å²) in [6, 6.07) is 6.17. The molecule has 2 rings (SSSR count). The van der Waals surface area contributed by atoms with Gasteiger partial charge in [-0.1, -0.05) is 13.8 Å². The molecule has 1 aliphatic rings. The van der Waals surface area contributed by atoms with E-state index in [4.69, 9.17) is 0 Å². The number of rotatable bonds is 3. The van der Waals surface area contributed by atoms with E-state index in [1.54, 1.807) is 4.90 Å². The second-order valence-corrected chi connectivity index (χ2v) is 7.16. The van der Waals surface area contributed by atoms with Gasteiger partial charge in [0.25, 0.3) is 0 Å². The molecule has 0 saturated carbocycles. The van der Waals surface area contributed by atoms with Crippen LogP contribution in [0, 0.1) is 3.57 Å². The van der Waals surface area contributed by atoms with E-state index in [0.717, 1.165) is 12.1 Å². The average molecular weight is 401 g/mol. The van der Waals surface area contributed by atoms with Crippen LogP contribution in [0.5, 0.6) is 0 Å². The Morgan fingerprint density at radius 3 is 2.71 bits per heavy atom. The van der Waals surface area contributed by atoms with Gasteiger partial charge in [0.15, 0.2) is 0 Å². The third kappa shape index (κ3) is 3.56. The van der Waals surface area contributed by atoms with Crippen molar-refractivity contribution < 1.29 is 14.3 Å². The van der Waals surface area contributed by atoms with Crippen LogP contribution in [-0.2, 0) is 19.7 Å². The quantitative estimate of drug-likeness (QED) is 0.577. The number of amides is 1. The number of hydrogen-bond donors (Lipinski definition) is 0. The van der Waals surface area contributed by atoms with Crippen molar-refractivity contribution in [2.24, 2.45) is 0 Å². The van der Waals surface area contributed by atoms with Crippen LogP contribution in [-0.4, -0.2) is 25.5 Å². The molecule has 1 amide bonds. The lowest BCUT2D eigenvalue weighted by Gasteiger charge is -2.39. The minimum Gasteiger partial charge on any atom is -0.469 e. The van der Waals surface area contributed by atoms with Gasteiger partial charge in [-0.2, -0.15) is 0 Å². The molecule has 1 aromatic carbocycles. The molecule has 0 aliphatic carbocycles. The molecular weight excluding hydrogens is 381 g/mol. The van der Waals surface area contributed by atoms with Gasteiger partial charge < -0.3 is 9.64 Å².